The molecule has 176 valence electrons. The Morgan fingerprint density at radius 3 is 2.60 bits per heavy atom. The number of nitriles is 1. The third-order valence-corrected chi connectivity index (χ3v) is 4.92. The van der Waals surface area contributed by atoms with Gasteiger partial charge in [0.2, 0.25) is 5.88 Å². The Bertz CT molecular complexity index is 1460. The Hall–Kier alpha value is -4.72. The Balaban J connectivity index is 1.62. The molecule has 0 atom stereocenters. The highest BCUT2D eigenvalue weighted by atomic mass is 19.4. The van der Waals surface area contributed by atoms with Gasteiger partial charge in [0.05, 0.1) is 11.8 Å². The number of ether oxygens (including phenoxy) is 1. The molecule has 0 aliphatic heterocycles. The maximum absolute atomic E-state index is 14.1. The van der Waals surface area contributed by atoms with Crippen molar-refractivity contribution in [2.24, 2.45) is 0 Å². The highest BCUT2D eigenvalue weighted by Crippen LogP contribution is 2.35. The van der Waals surface area contributed by atoms with E-state index in [0.717, 1.165) is 18.3 Å². The second kappa shape index (κ2) is 9.26. The van der Waals surface area contributed by atoms with Crippen LogP contribution >= 0.6 is 0 Å². The first-order valence-electron chi connectivity index (χ1n) is 10.0. The molecule has 1 amide bonds. The SMILES string of the molecule is Cc1cc(Oc2ncccc2C#N)ccc1NC(=O)c1cnn(-c2ccccc2F)c1C(F)(F)F. The predicted molar refractivity (Wildman–Crippen MR) is 117 cm³/mol. The van der Waals surface area contributed by atoms with Crippen LogP contribution in [0.15, 0.2) is 67.0 Å². The third-order valence-electron chi connectivity index (χ3n) is 4.92. The number of carbonyl (C=O) groups excluding carboxylic acids is 1. The average molecular weight is 481 g/mol. The number of halogens is 4. The summed E-state index contributed by atoms with van der Waals surface area (Å²) in [5, 5.41) is 15.2. The number of aryl methyl sites for hydroxylation is 1. The normalized spacial score (nSPS) is 11.1. The summed E-state index contributed by atoms with van der Waals surface area (Å²) in [6, 6.07) is 14.3. The molecular formula is C24H15F4N5O2. The third kappa shape index (κ3) is 4.81. The molecule has 0 radical (unpaired) electrons. The van der Waals surface area contributed by atoms with Gasteiger partial charge in [-0.15, -0.1) is 0 Å². The maximum Gasteiger partial charge on any atom is 0.434 e. The second-order valence-electron chi connectivity index (χ2n) is 7.27. The number of nitrogens with zero attached hydrogens (tertiary/aromatic N) is 4. The number of para-hydroxylation sites is 1. The van der Waals surface area contributed by atoms with E-state index in [9.17, 15) is 22.4 Å². The number of benzene rings is 2. The zero-order valence-electron chi connectivity index (χ0n) is 18.0. The zero-order chi connectivity index (χ0) is 25.2. The van der Waals surface area contributed by atoms with E-state index in [0.29, 0.717) is 16.0 Å². The van der Waals surface area contributed by atoms with Crippen LogP contribution < -0.4 is 10.1 Å². The van der Waals surface area contributed by atoms with Gasteiger partial charge in [0, 0.05) is 11.9 Å². The fourth-order valence-corrected chi connectivity index (χ4v) is 3.29. The highest BCUT2D eigenvalue weighted by Gasteiger charge is 2.41. The number of hydrogen-bond donors (Lipinski definition) is 1. The first kappa shape index (κ1) is 23.4. The van der Waals surface area contributed by atoms with Crippen LogP contribution in [0.4, 0.5) is 23.2 Å². The minimum atomic E-state index is -4.99. The minimum absolute atomic E-state index is 0.0848. The zero-order valence-corrected chi connectivity index (χ0v) is 18.0. The molecule has 2 aromatic carbocycles. The van der Waals surface area contributed by atoms with Crippen molar-refractivity contribution in [3.05, 3.63) is 95.2 Å². The quantitative estimate of drug-likeness (QED) is 0.372. The summed E-state index contributed by atoms with van der Waals surface area (Å²) in [5.41, 5.74) is -1.71. The highest BCUT2D eigenvalue weighted by molar-refractivity contribution is 6.05. The van der Waals surface area contributed by atoms with E-state index in [1.54, 1.807) is 13.0 Å². The molecule has 35 heavy (non-hydrogen) atoms. The number of carbonyl (C=O) groups is 1. The molecule has 0 saturated carbocycles. The van der Waals surface area contributed by atoms with Crippen molar-refractivity contribution in [3.63, 3.8) is 0 Å². The van der Waals surface area contributed by atoms with E-state index < -0.39 is 34.8 Å². The van der Waals surface area contributed by atoms with Gasteiger partial charge in [-0.2, -0.15) is 23.5 Å². The van der Waals surface area contributed by atoms with Crippen molar-refractivity contribution in [1.29, 1.82) is 5.26 Å². The molecule has 0 unspecified atom stereocenters. The van der Waals surface area contributed by atoms with Crippen LogP contribution in [0.5, 0.6) is 11.6 Å². The number of anilines is 1. The monoisotopic (exact) mass is 481 g/mol. The molecular weight excluding hydrogens is 466 g/mol. The summed E-state index contributed by atoms with van der Waals surface area (Å²) < 4.78 is 61.6. The average Bonchev–Trinajstić information content (AvgIpc) is 3.27. The molecule has 11 heteroatoms. The lowest BCUT2D eigenvalue weighted by Crippen LogP contribution is -2.21. The Morgan fingerprint density at radius 1 is 1.14 bits per heavy atom. The van der Waals surface area contributed by atoms with Crippen LogP contribution in [0, 0.1) is 24.1 Å². The van der Waals surface area contributed by atoms with Crippen LogP contribution in [0.25, 0.3) is 5.69 Å². The van der Waals surface area contributed by atoms with Crippen molar-refractivity contribution in [2.45, 2.75) is 13.1 Å². The van der Waals surface area contributed by atoms with Crippen LogP contribution in [0.3, 0.4) is 0 Å². The molecule has 1 N–H and O–H groups in total. The van der Waals surface area contributed by atoms with Crippen molar-refractivity contribution >= 4 is 11.6 Å². The van der Waals surface area contributed by atoms with Crippen LogP contribution in [0.2, 0.25) is 0 Å². The van der Waals surface area contributed by atoms with Crippen molar-refractivity contribution in [1.82, 2.24) is 14.8 Å². The van der Waals surface area contributed by atoms with Gasteiger partial charge < -0.3 is 10.1 Å². The van der Waals surface area contributed by atoms with Crippen molar-refractivity contribution in [3.8, 4) is 23.4 Å². The first-order valence-corrected chi connectivity index (χ1v) is 10.0. The van der Waals surface area contributed by atoms with Gasteiger partial charge in [-0.25, -0.2) is 14.1 Å². The molecule has 0 spiro atoms. The summed E-state index contributed by atoms with van der Waals surface area (Å²) in [6.45, 7) is 1.61. The van der Waals surface area contributed by atoms with Crippen LogP contribution in [0.1, 0.15) is 27.2 Å². The largest absolute Gasteiger partial charge is 0.438 e. The van der Waals surface area contributed by atoms with E-state index >= 15 is 0 Å². The van der Waals surface area contributed by atoms with E-state index in [2.05, 4.69) is 15.4 Å². The molecule has 0 saturated heterocycles. The Morgan fingerprint density at radius 2 is 1.91 bits per heavy atom. The van der Waals surface area contributed by atoms with Crippen LogP contribution in [-0.2, 0) is 6.18 Å². The lowest BCUT2D eigenvalue weighted by Gasteiger charge is -2.14. The molecule has 2 heterocycles. The van der Waals surface area contributed by atoms with Gasteiger partial charge in [-0.05, 0) is 55.0 Å². The van der Waals surface area contributed by atoms with Gasteiger partial charge in [0.1, 0.15) is 28.9 Å². The Labute approximate surface area is 196 Å². The molecule has 0 bridgehead atoms. The van der Waals surface area contributed by atoms with E-state index in [1.165, 1.54) is 42.6 Å². The van der Waals surface area contributed by atoms with E-state index in [4.69, 9.17) is 10.00 Å². The fraction of sp³-hybridized carbons (Fsp3) is 0.0833. The molecule has 7 nitrogen and oxygen atoms in total. The number of alkyl halides is 3. The van der Waals surface area contributed by atoms with Gasteiger partial charge >= 0.3 is 6.18 Å². The molecule has 2 aromatic heterocycles. The van der Waals surface area contributed by atoms with Crippen LogP contribution in [-0.4, -0.2) is 20.7 Å². The summed E-state index contributed by atoms with van der Waals surface area (Å²) in [4.78, 5) is 16.8. The predicted octanol–water partition coefficient (Wildman–Crippen LogP) is 5.65. The van der Waals surface area contributed by atoms with Crippen molar-refractivity contribution in [2.75, 3.05) is 5.32 Å². The van der Waals surface area contributed by atoms with Crippen molar-refractivity contribution < 1.29 is 27.1 Å². The molecule has 0 aliphatic carbocycles. The topological polar surface area (TPSA) is 92.8 Å². The first-order chi connectivity index (χ1) is 16.7. The number of rotatable bonds is 5. The standard InChI is InChI=1S/C24H15F4N5O2/c1-14-11-16(35-23-15(12-29)5-4-10-30-23)8-9-19(14)32-22(34)17-13-31-33(21(17)24(26,27)28)20-7-3-2-6-18(20)25/h2-11,13H,1H3,(H,32,34). The maximum atomic E-state index is 14.1. The summed E-state index contributed by atoms with van der Waals surface area (Å²) >= 11 is 0. The fourth-order valence-electron chi connectivity index (χ4n) is 3.29. The number of hydrogen-bond acceptors (Lipinski definition) is 5. The molecule has 0 aliphatic rings. The summed E-state index contributed by atoms with van der Waals surface area (Å²) in [7, 11) is 0. The van der Waals surface area contributed by atoms with Gasteiger partial charge in [-0.3, -0.25) is 4.79 Å². The minimum Gasteiger partial charge on any atom is -0.438 e. The lowest BCUT2D eigenvalue weighted by atomic mass is 10.1. The lowest BCUT2D eigenvalue weighted by molar-refractivity contribution is -0.143. The number of nitrogens with one attached hydrogen (secondary N) is 1. The van der Waals surface area contributed by atoms with Gasteiger partial charge in [0.25, 0.3) is 5.91 Å². The Kier molecular flexibility index (Phi) is 6.20. The van der Waals surface area contributed by atoms with E-state index in [-0.39, 0.29) is 17.1 Å². The second-order valence-corrected chi connectivity index (χ2v) is 7.27. The smallest absolute Gasteiger partial charge is 0.434 e. The number of aromatic nitrogens is 3. The molecule has 4 aromatic rings. The van der Waals surface area contributed by atoms with Gasteiger partial charge in [-0.1, -0.05) is 12.1 Å². The number of amides is 1. The number of pyridine rings is 1. The molecule has 0 fully saturated rings. The van der Waals surface area contributed by atoms with E-state index in [1.807, 2.05) is 6.07 Å². The van der Waals surface area contributed by atoms with Gasteiger partial charge in [0.15, 0.2) is 5.69 Å². The molecule has 4 rings (SSSR count). The summed E-state index contributed by atoms with van der Waals surface area (Å²) in [5.74, 6) is -1.61. The summed E-state index contributed by atoms with van der Waals surface area (Å²) in [6.07, 6.45) is -2.79.